The van der Waals surface area contributed by atoms with Gasteiger partial charge in [-0.15, -0.1) is 0 Å². The van der Waals surface area contributed by atoms with Gasteiger partial charge in [0.25, 0.3) is 0 Å². The average Bonchev–Trinajstić information content (AvgIpc) is 2.59. The first-order valence-corrected chi connectivity index (χ1v) is 8.87. The molecule has 1 heterocycles. The second kappa shape index (κ2) is 8.43. The maximum absolute atomic E-state index is 10.5. The number of likely N-dealkylation sites (N-methyl/N-ethyl adjacent to an activating group) is 1. The van der Waals surface area contributed by atoms with Gasteiger partial charge in [-0.2, -0.15) is 0 Å². The molecular formula is C21H28N2O. The first-order chi connectivity index (χ1) is 11.7. The largest absolute Gasteiger partial charge is 0.391 e. The lowest BCUT2D eigenvalue weighted by atomic mass is 9.93. The third-order valence-corrected chi connectivity index (χ3v) is 4.92. The molecule has 1 saturated heterocycles. The highest BCUT2D eigenvalue weighted by Gasteiger charge is 2.27. The molecule has 3 nitrogen and oxygen atoms in total. The van der Waals surface area contributed by atoms with Gasteiger partial charge >= 0.3 is 0 Å². The molecule has 3 rings (SSSR count). The molecule has 2 atom stereocenters. The van der Waals surface area contributed by atoms with Gasteiger partial charge < -0.3 is 10.0 Å². The van der Waals surface area contributed by atoms with Crippen LogP contribution >= 0.6 is 0 Å². The molecule has 3 heteroatoms. The first kappa shape index (κ1) is 17.2. The predicted molar refractivity (Wildman–Crippen MR) is 98.6 cm³/mol. The molecule has 24 heavy (non-hydrogen) atoms. The van der Waals surface area contributed by atoms with Crippen molar-refractivity contribution in [2.75, 3.05) is 26.7 Å². The minimum Gasteiger partial charge on any atom is -0.391 e. The van der Waals surface area contributed by atoms with Crippen molar-refractivity contribution in [1.82, 2.24) is 9.80 Å². The van der Waals surface area contributed by atoms with E-state index in [-0.39, 0.29) is 6.10 Å². The summed E-state index contributed by atoms with van der Waals surface area (Å²) < 4.78 is 0. The average molecular weight is 324 g/mol. The number of aliphatic hydroxyl groups is 1. The van der Waals surface area contributed by atoms with Gasteiger partial charge in [0, 0.05) is 32.1 Å². The third kappa shape index (κ3) is 4.91. The highest BCUT2D eigenvalue weighted by Crippen LogP contribution is 2.20. The van der Waals surface area contributed by atoms with Gasteiger partial charge in [0.2, 0.25) is 0 Å². The number of piperidine rings is 1. The van der Waals surface area contributed by atoms with E-state index in [0.717, 1.165) is 39.1 Å². The van der Waals surface area contributed by atoms with Crippen molar-refractivity contribution in [2.45, 2.75) is 25.6 Å². The van der Waals surface area contributed by atoms with Crippen LogP contribution in [0.3, 0.4) is 0 Å². The molecule has 0 unspecified atom stereocenters. The summed E-state index contributed by atoms with van der Waals surface area (Å²) in [6, 6.07) is 21.2. The number of β-amino-alcohol motifs (C(OH)–C–C–N with tert-alkyl or cyclic N) is 1. The van der Waals surface area contributed by atoms with Crippen molar-refractivity contribution in [2.24, 2.45) is 5.92 Å². The van der Waals surface area contributed by atoms with Crippen LogP contribution in [0, 0.1) is 5.92 Å². The molecular weight excluding hydrogens is 296 g/mol. The zero-order valence-electron chi connectivity index (χ0n) is 14.5. The Labute approximate surface area is 145 Å². The summed E-state index contributed by atoms with van der Waals surface area (Å²) in [7, 11) is 2.09. The van der Waals surface area contributed by atoms with Gasteiger partial charge in [0.1, 0.15) is 0 Å². The lowest BCUT2D eigenvalue weighted by Gasteiger charge is -2.37. The second-order valence-electron chi connectivity index (χ2n) is 7.02. The van der Waals surface area contributed by atoms with E-state index < -0.39 is 0 Å². The van der Waals surface area contributed by atoms with Crippen LogP contribution in [0.5, 0.6) is 0 Å². The maximum Gasteiger partial charge on any atom is 0.0707 e. The Hall–Kier alpha value is -1.68. The third-order valence-electron chi connectivity index (χ3n) is 4.92. The van der Waals surface area contributed by atoms with E-state index in [1.807, 2.05) is 0 Å². The van der Waals surface area contributed by atoms with Crippen LogP contribution in [0.2, 0.25) is 0 Å². The van der Waals surface area contributed by atoms with Crippen LogP contribution in [-0.2, 0) is 13.1 Å². The Morgan fingerprint density at radius 2 is 1.50 bits per heavy atom. The molecule has 0 aromatic heterocycles. The van der Waals surface area contributed by atoms with E-state index >= 15 is 0 Å². The van der Waals surface area contributed by atoms with Gasteiger partial charge in [-0.3, -0.25) is 4.90 Å². The zero-order valence-corrected chi connectivity index (χ0v) is 14.5. The van der Waals surface area contributed by atoms with Crippen molar-refractivity contribution in [1.29, 1.82) is 0 Å². The summed E-state index contributed by atoms with van der Waals surface area (Å²) in [6.07, 6.45) is 0.843. The SMILES string of the molecule is CN1CC[C@H](CN(Cc2ccccc2)Cc2ccccc2)[C@@H](O)C1. The Kier molecular flexibility index (Phi) is 6.02. The molecule has 0 spiro atoms. The number of likely N-dealkylation sites (tertiary alicyclic amines) is 1. The second-order valence-corrected chi connectivity index (χ2v) is 7.02. The van der Waals surface area contributed by atoms with E-state index in [9.17, 15) is 5.11 Å². The van der Waals surface area contributed by atoms with Gasteiger partial charge in [-0.05, 0) is 31.1 Å². The summed E-state index contributed by atoms with van der Waals surface area (Å²) in [4.78, 5) is 4.70. The first-order valence-electron chi connectivity index (χ1n) is 8.87. The van der Waals surface area contributed by atoms with Crippen molar-refractivity contribution >= 4 is 0 Å². The standard InChI is InChI=1S/C21H28N2O/c1-22-13-12-20(21(24)17-22)16-23(14-18-8-4-2-5-9-18)15-19-10-6-3-7-11-19/h2-11,20-21,24H,12-17H2,1H3/t20-,21+/m1/s1. The summed E-state index contributed by atoms with van der Waals surface area (Å²) in [5, 5.41) is 10.5. The van der Waals surface area contributed by atoms with Crippen molar-refractivity contribution in [3.8, 4) is 0 Å². The summed E-state index contributed by atoms with van der Waals surface area (Å²) in [5.74, 6) is 0.355. The van der Waals surface area contributed by atoms with E-state index in [4.69, 9.17) is 0 Å². The van der Waals surface area contributed by atoms with Crippen molar-refractivity contribution in [3.05, 3.63) is 71.8 Å². The Morgan fingerprint density at radius 1 is 0.958 bits per heavy atom. The van der Waals surface area contributed by atoms with Crippen LogP contribution in [0.15, 0.2) is 60.7 Å². The Balaban J connectivity index is 1.69. The van der Waals surface area contributed by atoms with Crippen LogP contribution < -0.4 is 0 Å². The zero-order chi connectivity index (χ0) is 16.8. The normalized spacial score (nSPS) is 22.0. The lowest BCUT2D eigenvalue weighted by molar-refractivity contribution is 0.0128. The topological polar surface area (TPSA) is 26.7 Å². The van der Waals surface area contributed by atoms with E-state index in [1.165, 1.54) is 11.1 Å². The van der Waals surface area contributed by atoms with E-state index in [2.05, 4.69) is 77.5 Å². The summed E-state index contributed by atoms with van der Waals surface area (Å²) in [5.41, 5.74) is 2.66. The molecule has 0 bridgehead atoms. The van der Waals surface area contributed by atoms with Crippen molar-refractivity contribution < 1.29 is 5.11 Å². The molecule has 0 amide bonds. The number of nitrogens with zero attached hydrogens (tertiary/aromatic N) is 2. The fourth-order valence-electron chi connectivity index (χ4n) is 3.55. The number of hydrogen-bond donors (Lipinski definition) is 1. The predicted octanol–water partition coefficient (Wildman–Crippen LogP) is 3.00. The Morgan fingerprint density at radius 3 is 2.00 bits per heavy atom. The summed E-state index contributed by atoms with van der Waals surface area (Å²) in [6.45, 7) is 4.66. The van der Waals surface area contributed by atoms with Crippen LogP contribution in [0.25, 0.3) is 0 Å². The molecule has 128 valence electrons. The molecule has 0 saturated carbocycles. The van der Waals surface area contributed by atoms with Gasteiger partial charge in [-0.1, -0.05) is 60.7 Å². The van der Waals surface area contributed by atoms with E-state index in [1.54, 1.807) is 0 Å². The van der Waals surface area contributed by atoms with Crippen molar-refractivity contribution in [3.63, 3.8) is 0 Å². The molecule has 0 radical (unpaired) electrons. The van der Waals surface area contributed by atoms with Crippen LogP contribution in [-0.4, -0.2) is 47.7 Å². The monoisotopic (exact) mass is 324 g/mol. The van der Waals surface area contributed by atoms with Gasteiger partial charge in [0.05, 0.1) is 6.10 Å². The van der Waals surface area contributed by atoms with Gasteiger partial charge in [-0.25, -0.2) is 0 Å². The molecule has 2 aromatic carbocycles. The molecule has 1 aliphatic rings. The summed E-state index contributed by atoms with van der Waals surface area (Å²) >= 11 is 0. The quantitative estimate of drug-likeness (QED) is 0.885. The number of benzene rings is 2. The number of rotatable bonds is 6. The highest BCUT2D eigenvalue weighted by molar-refractivity contribution is 5.17. The van der Waals surface area contributed by atoms with Crippen LogP contribution in [0.4, 0.5) is 0 Å². The highest BCUT2D eigenvalue weighted by atomic mass is 16.3. The molecule has 0 aliphatic carbocycles. The Bertz CT molecular complexity index is 560. The van der Waals surface area contributed by atoms with E-state index in [0.29, 0.717) is 5.92 Å². The smallest absolute Gasteiger partial charge is 0.0707 e. The number of aliphatic hydroxyl groups excluding tert-OH is 1. The minimum atomic E-state index is -0.224. The molecule has 2 aromatic rings. The lowest BCUT2D eigenvalue weighted by Crippen LogP contribution is -2.46. The number of hydrogen-bond acceptors (Lipinski definition) is 3. The minimum absolute atomic E-state index is 0.224. The fraction of sp³-hybridized carbons (Fsp3) is 0.429. The fourth-order valence-corrected chi connectivity index (χ4v) is 3.55. The van der Waals surface area contributed by atoms with Crippen LogP contribution in [0.1, 0.15) is 17.5 Å². The maximum atomic E-state index is 10.5. The molecule has 1 fully saturated rings. The molecule has 1 N–H and O–H groups in total. The molecule has 1 aliphatic heterocycles. The van der Waals surface area contributed by atoms with Gasteiger partial charge in [0.15, 0.2) is 0 Å².